The van der Waals surface area contributed by atoms with E-state index in [1.807, 2.05) is 0 Å². The van der Waals surface area contributed by atoms with Crippen LogP contribution in [0.5, 0.6) is 0 Å². The van der Waals surface area contributed by atoms with Crippen molar-refractivity contribution in [3.8, 4) is 0 Å². The highest BCUT2D eigenvalue weighted by atomic mass is 33.1. The maximum Gasteiger partial charge on any atom is 0.253 e. The molecule has 2 heterocycles. The fourth-order valence-electron chi connectivity index (χ4n) is 1.82. The molecule has 1 unspecified atom stereocenters. The molecule has 1 saturated heterocycles. The summed E-state index contributed by atoms with van der Waals surface area (Å²) in [5.41, 5.74) is 0. The Morgan fingerprint density at radius 3 is 2.17 bits per heavy atom. The number of carbonyl (C=O) groups excluding carboxylic acids is 4. The van der Waals surface area contributed by atoms with Gasteiger partial charge in [0, 0.05) is 31.7 Å². The van der Waals surface area contributed by atoms with Gasteiger partial charge in [0.2, 0.25) is 11.8 Å². The SMILES string of the molecule is O=C1C=CC(=O)N1CCN1C(=O)CC(SS)C1=O. The third-order valence-electron chi connectivity index (χ3n) is 2.78. The zero-order valence-corrected chi connectivity index (χ0v) is 10.9. The number of hydrogen-bond donors (Lipinski definition) is 1. The van der Waals surface area contributed by atoms with E-state index in [0.29, 0.717) is 0 Å². The lowest BCUT2D eigenvalue weighted by atomic mass is 10.4. The van der Waals surface area contributed by atoms with Gasteiger partial charge in [0.25, 0.3) is 11.8 Å². The molecule has 0 bridgehead atoms. The van der Waals surface area contributed by atoms with Crippen LogP contribution in [0.2, 0.25) is 0 Å². The van der Waals surface area contributed by atoms with E-state index in [2.05, 4.69) is 11.7 Å². The molecule has 0 saturated carbocycles. The van der Waals surface area contributed by atoms with Crippen LogP contribution in [-0.2, 0) is 19.2 Å². The summed E-state index contributed by atoms with van der Waals surface area (Å²) in [6.45, 7) is 0.0772. The summed E-state index contributed by atoms with van der Waals surface area (Å²) in [5, 5.41) is -0.469. The topological polar surface area (TPSA) is 74.8 Å². The van der Waals surface area contributed by atoms with Crippen molar-refractivity contribution in [3.05, 3.63) is 12.2 Å². The Kier molecular flexibility index (Phi) is 3.76. The zero-order valence-electron chi connectivity index (χ0n) is 9.24. The van der Waals surface area contributed by atoms with Crippen LogP contribution >= 0.6 is 22.5 Å². The van der Waals surface area contributed by atoms with E-state index in [9.17, 15) is 19.2 Å². The molecule has 2 rings (SSSR count). The van der Waals surface area contributed by atoms with Crippen molar-refractivity contribution >= 4 is 46.1 Å². The van der Waals surface area contributed by atoms with Crippen molar-refractivity contribution < 1.29 is 19.2 Å². The number of thiol groups is 1. The molecule has 2 aliphatic heterocycles. The van der Waals surface area contributed by atoms with Gasteiger partial charge in [0.15, 0.2) is 0 Å². The Bertz CT molecular complexity index is 445. The van der Waals surface area contributed by atoms with Crippen molar-refractivity contribution in [1.82, 2.24) is 9.80 Å². The Labute approximate surface area is 112 Å². The van der Waals surface area contributed by atoms with Crippen LogP contribution in [0.3, 0.4) is 0 Å². The van der Waals surface area contributed by atoms with Crippen LogP contribution in [0.25, 0.3) is 0 Å². The van der Waals surface area contributed by atoms with Crippen LogP contribution in [0.15, 0.2) is 12.2 Å². The first-order valence-electron chi connectivity index (χ1n) is 5.22. The minimum absolute atomic E-state index is 0.0338. The fraction of sp³-hybridized carbons (Fsp3) is 0.400. The predicted molar refractivity (Wildman–Crippen MR) is 67.6 cm³/mol. The second-order valence-corrected chi connectivity index (χ2v) is 5.26. The lowest BCUT2D eigenvalue weighted by Crippen LogP contribution is -2.41. The van der Waals surface area contributed by atoms with E-state index in [-0.39, 0.29) is 31.3 Å². The molecule has 4 amide bonds. The third-order valence-corrected chi connectivity index (χ3v) is 4.16. The van der Waals surface area contributed by atoms with Crippen molar-refractivity contribution in [2.24, 2.45) is 0 Å². The Hall–Kier alpha value is -1.28. The molecular weight excluding hydrogens is 276 g/mol. The van der Waals surface area contributed by atoms with Gasteiger partial charge in [-0.15, -0.1) is 11.7 Å². The summed E-state index contributed by atoms with van der Waals surface area (Å²) in [6.07, 6.45) is 2.46. The molecule has 0 aromatic heterocycles. The molecule has 0 aromatic rings. The molecular formula is C10H10N2O4S2. The fourth-order valence-corrected chi connectivity index (χ4v) is 2.75. The first-order chi connectivity index (χ1) is 8.54. The van der Waals surface area contributed by atoms with Gasteiger partial charge in [-0.1, -0.05) is 10.8 Å². The highest BCUT2D eigenvalue weighted by Gasteiger charge is 2.38. The van der Waals surface area contributed by atoms with Crippen LogP contribution < -0.4 is 0 Å². The quantitative estimate of drug-likeness (QED) is 0.433. The van der Waals surface area contributed by atoms with Crippen LogP contribution in [-0.4, -0.2) is 51.8 Å². The maximum atomic E-state index is 11.7. The average Bonchev–Trinajstić information content (AvgIpc) is 2.80. The van der Waals surface area contributed by atoms with Gasteiger partial charge in [0.05, 0.1) is 0 Å². The molecule has 0 N–H and O–H groups in total. The lowest BCUT2D eigenvalue weighted by Gasteiger charge is -2.19. The summed E-state index contributed by atoms with van der Waals surface area (Å²) in [7, 11) is 1.03. The summed E-state index contributed by atoms with van der Waals surface area (Å²) in [5.74, 6) is -1.44. The summed E-state index contributed by atoms with van der Waals surface area (Å²) < 4.78 is 0. The number of amides is 4. The molecule has 2 aliphatic rings. The van der Waals surface area contributed by atoms with Gasteiger partial charge < -0.3 is 0 Å². The van der Waals surface area contributed by atoms with E-state index < -0.39 is 17.1 Å². The number of hydrogen-bond acceptors (Lipinski definition) is 6. The van der Waals surface area contributed by atoms with E-state index in [4.69, 9.17) is 0 Å². The Morgan fingerprint density at radius 1 is 1.11 bits per heavy atom. The molecule has 1 fully saturated rings. The highest BCUT2D eigenvalue weighted by Crippen LogP contribution is 2.27. The maximum absolute atomic E-state index is 11.7. The highest BCUT2D eigenvalue weighted by molar-refractivity contribution is 8.69. The second-order valence-electron chi connectivity index (χ2n) is 3.84. The molecule has 18 heavy (non-hydrogen) atoms. The van der Waals surface area contributed by atoms with Crippen LogP contribution in [0.1, 0.15) is 6.42 Å². The second kappa shape index (κ2) is 5.15. The molecule has 0 spiro atoms. The van der Waals surface area contributed by atoms with Crippen LogP contribution in [0.4, 0.5) is 0 Å². The summed E-state index contributed by atoms with van der Waals surface area (Å²) in [6, 6.07) is 0. The van der Waals surface area contributed by atoms with Gasteiger partial charge in [-0.3, -0.25) is 29.0 Å². The first kappa shape index (κ1) is 13.2. The number of nitrogens with zero attached hydrogens (tertiary/aromatic N) is 2. The van der Waals surface area contributed by atoms with Gasteiger partial charge in [0.1, 0.15) is 5.25 Å². The van der Waals surface area contributed by atoms with Crippen LogP contribution in [0, 0.1) is 0 Å². The van der Waals surface area contributed by atoms with Crippen molar-refractivity contribution in [2.45, 2.75) is 11.7 Å². The van der Waals surface area contributed by atoms with Gasteiger partial charge in [-0.25, -0.2) is 0 Å². The molecule has 8 heteroatoms. The Balaban J connectivity index is 1.95. The number of rotatable bonds is 4. The molecule has 0 aliphatic carbocycles. The molecule has 0 aromatic carbocycles. The normalized spacial score (nSPS) is 23.7. The smallest absolute Gasteiger partial charge is 0.253 e. The van der Waals surface area contributed by atoms with Gasteiger partial charge in [-0.05, 0) is 0 Å². The first-order valence-corrected chi connectivity index (χ1v) is 7.15. The standard InChI is InChI=1S/C10H10N2O4S2/c13-7-1-2-8(14)11(7)3-4-12-9(15)5-6(18-17)10(12)16/h1-2,6,17H,3-5H2. The Morgan fingerprint density at radius 2 is 1.67 bits per heavy atom. The minimum Gasteiger partial charge on any atom is -0.280 e. The predicted octanol–water partition coefficient (Wildman–Crippen LogP) is -0.383. The molecule has 96 valence electrons. The average molecular weight is 286 g/mol. The molecule has 0 radical (unpaired) electrons. The summed E-state index contributed by atoms with van der Waals surface area (Å²) in [4.78, 5) is 48.0. The van der Waals surface area contributed by atoms with E-state index in [1.165, 1.54) is 12.2 Å². The minimum atomic E-state index is -0.469. The number of likely N-dealkylation sites (tertiary alicyclic amines) is 1. The number of carbonyl (C=O) groups is 4. The lowest BCUT2D eigenvalue weighted by molar-refractivity contribution is -0.142. The van der Waals surface area contributed by atoms with Crippen molar-refractivity contribution in [3.63, 3.8) is 0 Å². The third kappa shape index (κ3) is 2.30. The van der Waals surface area contributed by atoms with Gasteiger partial charge in [-0.2, -0.15) is 0 Å². The molecule has 6 nitrogen and oxygen atoms in total. The van der Waals surface area contributed by atoms with E-state index >= 15 is 0 Å². The largest absolute Gasteiger partial charge is 0.280 e. The van der Waals surface area contributed by atoms with E-state index in [0.717, 1.165) is 20.6 Å². The monoisotopic (exact) mass is 286 g/mol. The van der Waals surface area contributed by atoms with Crippen molar-refractivity contribution in [2.75, 3.05) is 13.1 Å². The van der Waals surface area contributed by atoms with Gasteiger partial charge >= 0.3 is 0 Å². The van der Waals surface area contributed by atoms with E-state index in [1.54, 1.807) is 0 Å². The van der Waals surface area contributed by atoms with Crippen molar-refractivity contribution in [1.29, 1.82) is 0 Å². The number of imide groups is 2. The zero-order chi connectivity index (χ0) is 13.3. The molecule has 1 atom stereocenters. The summed E-state index contributed by atoms with van der Waals surface area (Å²) >= 11 is 3.93.